The summed E-state index contributed by atoms with van der Waals surface area (Å²) in [5, 5.41) is 1.41. The van der Waals surface area contributed by atoms with Gasteiger partial charge in [0.15, 0.2) is 5.82 Å². The van der Waals surface area contributed by atoms with E-state index in [1.807, 2.05) is 6.07 Å². The van der Waals surface area contributed by atoms with E-state index in [4.69, 9.17) is 39.5 Å². The lowest BCUT2D eigenvalue weighted by molar-refractivity contribution is 0.109. The van der Waals surface area contributed by atoms with Crippen LogP contribution in [0.25, 0.3) is 11.4 Å². The predicted molar refractivity (Wildman–Crippen MR) is 75.9 cm³/mol. The molecule has 1 aromatic heterocycles. The molecule has 3 rings (SSSR count). The van der Waals surface area contributed by atoms with E-state index in [9.17, 15) is 0 Å². The maximum atomic E-state index is 6.18. The highest BCUT2D eigenvalue weighted by Gasteiger charge is 2.18. The maximum Gasteiger partial charge on any atom is 0.161 e. The average Bonchev–Trinajstić information content (AvgIpc) is 2.42. The van der Waals surface area contributed by atoms with E-state index < -0.39 is 0 Å². The first-order valence-electron chi connectivity index (χ1n) is 5.73. The smallest absolute Gasteiger partial charge is 0.161 e. The standard InChI is InChI=1S/C13H9Cl3N2O/c14-9-2-1-7(5-10(9)15)13-17-11-3-4-19-6-8(11)12(16)18-13/h1-2,5H,3-4,6H2. The molecule has 1 aliphatic heterocycles. The summed E-state index contributed by atoms with van der Waals surface area (Å²) in [5.41, 5.74) is 2.61. The molecule has 0 amide bonds. The molecule has 0 saturated heterocycles. The topological polar surface area (TPSA) is 35.0 Å². The molecular formula is C13H9Cl3N2O. The van der Waals surface area contributed by atoms with Crippen LogP contribution in [0.5, 0.6) is 0 Å². The van der Waals surface area contributed by atoms with Gasteiger partial charge < -0.3 is 4.74 Å². The van der Waals surface area contributed by atoms with Crippen molar-refractivity contribution in [3.05, 3.63) is 44.7 Å². The highest BCUT2D eigenvalue weighted by molar-refractivity contribution is 6.42. The van der Waals surface area contributed by atoms with E-state index in [1.165, 1.54) is 0 Å². The second-order valence-electron chi connectivity index (χ2n) is 4.19. The minimum atomic E-state index is 0.436. The Morgan fingerprint density at radius 2 is 1.89 bits per heavy atom. The molecule has 0 spiro atoms. The predicted octanol–water partition coefficient (Wildman–Crippen LogP) is 4.18. The van der Waals surface area contributed by atoms with Crippen molar-refractivity contribution in [3.63, 3.8) is 0 Å². The van der Waals surface area contributed by atoms with Crippen LogP contribution in [0.1, 0.15) is 11.3 Å². The number of nitrogens with zero attached hydrogens (tertiary/aromatic N) is 2. The molecule has 1 aromatic carbocycles. The molecule has 0 saturated carbocycles. The number of hydrogen-bond acceptors (Lipinski definition) is 3. The number of rotatable bonds is 1. The van der Waals surface area contributed by atoms with Crippen LogP contribution in [0.15, 0.2) is 18.2 Å². The molecule has 0 N–H and O–H groups in total. The fourth-order valence-corrected chi connectivity index (χ4v) is 2.50. The normalized spacial score (nSPS) is 14.3. The van der Waals surface area contributed by atoms with E-state index in [0.29, 0.717) is 34.2 Å². The monoisotopic (exact) mass is 314 g/mol. The van der Waals surface area contributed by atoms with Gasteiger partial charge in [-0.3, -0.25) is 0 Å². The van der Waals surface area contributed by atoms with Crippen molar-refractivity contribution in [1.29, 1.82) is 0 Å². The van der Waals surface area contributed by atoms with Crippen LogP contribution in [0, 0.1) is 0 Å². The van der Waals surface area contributed by atoms with Gasteiger partial charge in [-0.05, 0) is 18.2 Å². The molecule has 0 bridgehead atoms. The molecule has 3 nitrogen and oxygen atoms in total. The lowest BCUT2D eigenvalue weighted by Crippen LogP contribution is -2.14. The van der Waals surface area contributed by atoms with Gasteiger partial charge >= 0.3 is 0 Å². The van der Waals surface area contributed by atoms with Crippen LogP contribution in [-0.2, 0) is 17.8 Å². The molecule has 0 atom stereocenters. The summed E-state index contributed by atoms with van der Waals surface area (Å²) in [5.74, 6) is 0.559. The Morgan fingerprint density at radius 1 is 1.05 bits per heavy atom. The van der Waals surface area contributed by atoms with Gasteiger partial charge in [-0.1, -0.05) is 34.8 Å². The van der Waals surface area contributed by atoms with Gasteiger partial charge in [-0.25, -0.2) is 9.97 Å². The lowest BCUT2D eigenvalue weighted by atomic mass is 10.1. The van der Waals surface area contributed by atoms with Crippen molar-refractivity contribution in [2.24, 2.45) is 0 Å². The fraction of sp³-hybridized carbons (Fsp3) is 0.231. The van der Waals surface area contributed by atoms with E-state index in [1.54, 1.807) is 12.1 Å². The third-order valence-electron chi connectivity index (χ3n) is 2.95. The summed E-state index contributed by atoms with van der Waals surface area (Å²) in [7, 11) is 0. The molecule has 0 fully saturated rings. The zero-order chi connectivity index (χ0) is 13.4. The van der Waals surface area contributed by atoms with Gasteiger partial charge in [-0.2, -0.15) is 0 Å². The first-order valence-corrected chi connectivity index (χ1v) is 6.87. The average molecular weight is 316 g/mol. The fourth-order valence-electron chi connectivity index (χ4n) is 1.96. The van der Waals surface area contributed by atoms with Crippen molar-refractivity contribution in [2.75, 3.05) is 6.61 Å². The molecule has 19 heavy (non-hydrogen) atoms. The van der Waals surface area contributed by atoms with Crippen molar-refractivity contribution in [2.45, 2.75) is 13.0 Å². The summed E-state index contributed by atoms with van der Waals surface area (Å²) >= 11 is 18.1. The summed E-state index contributed by atoms with van der Waals surface area (Å²) in [6, 6.07) is 5.28. The van der Waals surface area contributed by atoms with Gasteiger partial charge in [0.05, 0.1) is 29.0 Å². The van der Waals surface area contributed by atoms with Gasteiger partial charge in [0.1, 0.15) is 5.15 Å². The number of aromatic nitrogens is 2. The Bertz CT molecular complexity index is 646. The molecular weight excluding hydrogens is 307 g/mol. The molecule has 2 aromatic rings. The second-order valence-corrected chi connectivity index (χ2v) is 5.37. The largest absolute Gasteiger partial charge is 0.376 e. The highest BCUT2D eigenvalue weighted by atomic mass is 35.5. The summed E-state index contributed by atoms with van der Waals surface area (Å²) in [6.45, 7) is 1.12. The Hall–Kier alpha value is -0.870. The Balaban J connectivity index is 2.10. The van der Waals surface area contributed by atoms with Crippen LogP contribution in [0.2, 0.25) is 15.2 Å². The van der Waals surface area contributed by atoms with Crippen LogP contribution in [0.4, 0.5) is 0 Å². The second kappa shape index (κ2) is 5.25. The van der Waals surface area contributed by atoms with Crippen LogP contribution >= 0.6 is 34.8 Å². The molecule has 98 valence electrons. The Morgan fingerprint density at radius 3 is 2.68 bits per heavy atom. The number of halogens is 3. The zero-order valence-corrected chi connectivity index (χ0v) is 12.1. The SMILES string of the molecule is Clc1ccc(-c2nc(Cl)c3c(n2)CCOC3)cc1Cl. The summed E-state index contributed by atoms with van der Waals surface area (Å²) in [6.07, 6.45) is 0.742. The molecule has 0 aliphatic carbocycles. The number of hydrogen-bond donors (Lipinski definition) is 0. The van der Waals surface area contributed by atoms with Gasteiger partial charge in [0.25, 0.3) is 0 Å². The van der Waals surface area contributed by atoms with E-state index >= 15 is 0 Å². The van der Waals surface area contributed by atoms with E-state index in [0.717, 1.165) is 23.2 Å². The summed E-state index contributed by atoms with van der Waals surface area (Å²) < 4.78 is 5.35. The minimum Gasteiger partial charge on any atom is -0.376 e. The Kier molecular flexibility index (Phi) is 3.63. The van der Waals surface area contributed by atoms with Crippen molar-refractivity contribution in [1.82, 2.24) is 9.97 Å². The molecule has 0 radical (unpaired) electrons. The molecule has 2 heterocycles. The number of fused-ring (bicyclic) bond motifs is 1. The van der Waals surface area contributed by atoms with Crippen LogP contribution in [0.3, 0.4) is 0 Å². The van der Waals surface area contributed by atoms with Crippen LogP contribution < -0.4 is 0 Å². The Labute approximate surface area is 125 Å². The van der Waals surface area contributed by atoms with Crippen LogP contribution in [-0.4, -0.2) is 16.6 Å². The number of ether oxygens (including phenoxy) is 1. The van der Waals surface area contributed by atoms with Crippen molar-refractivity contribution in [3.8, 4) is 11.4 Å². The van der Waals surface area contributed by atoms with Crippen molar-refractivity contribution < 1.29 is 4.74 Å². The quantitative estimate of drug-likeness (QED) is 0.741. The first-order chi connectivity index (χ1) is 9.15. The van der Waals surface area contributed by atoms with Gasteiger partial charge in [-0.15, -0.1) is 0 Å². The van der Waals surface area contributed by atoms with Crippen molar-refractivity contribution >= 4 is 34.8 Å². The van der Waals surface area contributed by atoms with Gasteiger partial charge in [0.2, 0.25) is 0 Å². The maximum absolute atomic E-state index is 6.18. The molecule has 1 aliphatic rings. The lowest BCUT2D eigenvalue weighted by Gasteiger charge is -2.17. The van der Waals surface area contributed by atoms with E-state index in [2.05, 4.69) is 9.97 Å². The van der Waals surface area contributed by atoms with E-state index in [-0.39, 0.29) is 0 Å². The zero-order valence-electron chi connectivity index (χ0n) is 9.79. The third-order valence-corrected chi connectivity index (χ3v) is 4.00. The highest BCUT2D eigenvalue weighted by Crippen LogP contribution is 2.29. The number of benzene rings is 1. The molecule has 0 unspecified atom stereocenters. The summed E-state index contributed by atoms with van der Waals surface area (Å²) in [4.78, 5) is 8.84. The minimum absolute atomic E-state index is 0.436. The third kappa shape index (κ3) is 2.56. The van der Waals surface area contributed by atoms with Gasteiger partial charge in [0, 0.05) is 17.5 Å². The molecule has 6 heteroatoms. The first kappa shape index (κ1) is 13.1.